The summed E-state index contributed by atoms with van der Waals surface area (Å²) in [6.45, 7) is 3.71. The zero-order valence-electron chi connectivity index (χ0n) is 14.7. The summed E-state index contributed by atoms with van der Waals surface area (Å²) in [5.74, 6) is -1.40. The molecule has 1 aromatic rings. The molecule has 0 heterocycles. The van der Waals surface area contributed by atoms with E-state index in [2.05, 4.69) is 0 Å². The molecule has 1 aromatic carbocycles. The Labute approximate surface area is 146 Å². The van der Waals surface area contributed by atoms with Crippen molar-refractivity contribution in [3.8, 4) is 0 Å². The van der Waals surface area contributed by atoms with Crippen molar-refractivity contribution in [2.24, 2.45) is 5.92 Å². The third-order valence-electron chi connectivity index (χ3n) is 4.92. The molecule has 1 aliphatic carbocycles. The second kappa shape index (κ2) is 9.08. The van der Waals surface area contributed by atoms with E-state index in [1.54, 1.807) is 6.92 Å². The second-order valence-electron chi connectivity index (χ2n) is 6.35. The number of carbonyl (C=O) groups excluding carboxylic acids is 3. The first-order chi connectivity index (χ1) is 11.8. The van der Waals surface area contributed by atoms with Crippen molar-refractivity contribution in [1.82, 2.24) is 0 Å². The van der Waals surface area contributed by atoms with Crippen molar-refractivity contribution in [2.75, 3.05) is 7.11 Å². The van der Waals surface area contributed by atoms with E-state index in [0.29, 0.717) is 12.8 Å². The number of methoxy groups -OCH3 is 1. The molecular formula is C18H23NO6. The maximum atomic E-state index is 12.1. The number of carbonyl (C=O) groups is 1. The average molecular weight is 349 g/mol. The standard InChI is InChI=1S/C17H23NO4.CO2/c1-12-6-8-14(9-7-12)15(13(2)16(19)22-3)17(18(20)21)10-4-5-11-17;2-1-3/h6-9,13,15H,4-5,10-11H2,1-3H3;. The number of nitrogens with zero attached hydrogens (tertiary/aromatic N) is 1. The number of nitro groups is 1. The highest BCUT2D eigenvalue weighted by Crippen LogP contribution is 2.47. The van der Waals surface area contributed by atoms with Gasteiger partial charge in [0.1, 0.15) is 0 Å². The summed E-state index contributed by atoms with van der Waals surface area (Å²) in [4.78, 5) is 40.0. The molecule has 0 bridgehead atoms. The molecule has 0 N–H and O–H groups in total. The van der Waals surface area contributed by atoms with Crippen molar-refractivity contribution in [1.29, 1.82) is 0 Å². The molecule has 0 spiro atoms. The van der Waals surface area contributed by atoms with Gasteiger partial charge in [-0.1, -0.05) is 36.8 Å². The molecule has 0 radical (unpaired) electrons. The van der Waals surface area contributed by atoms with Gasteiger partial charge >= 0.3 is 12.1 Å². The molecule has 136 valence electrons. The van der Waals surface area contributed by atoms with Crippen LogP contribution in [0.2, 0.25) is 0 Å². The lowest BCUT2D eigenvalue weighted by Gasteiger charge is -2.33. The minimum absolute atomic E-state index is 0.163. The smallest absolute Gasteiger partial charge is 0.373 e. The first kappa shape index (κ1) is 20.5. The zero-order chi connectivity index (χ0) is 19.0. The molecule has 1 saturated carbocycles. The Bertz CT molecular complexity index is 627. The molecule has 25 heavy (non-hydrogen) atoms. The van der Waals surface area contributed by atoms with Gasteiger partial charge in [-0.3, -0.25) is 14.9 Å². The van der Waals surface area contributed by atoms with E-state index in [1.807, 2.05) is 31.2 Å². The summed E-state index contributed by atoms with van der Waals surface area (Å²) < 4.78 is 4.86. The third-order valence-corrected chi connectivity index (χ3v) is 4.92. The minimum atomic E-state index is -1.07. The van der Waals surface area contributed by atoms with Crippen LogP contribution < -0.4 is 0 Å². The van der Waals surface area contributed by atoms with Crippen LogP contribution >= 0.6 is 0 Å². The van der Waals surface area contributed by atoms with E-state index in [0.717, 1.165) is 24.0 Å². The van der Waals surface area contributed by atoms with Crippen molar-refractivity contribution < 1.29 is 24.0 Å². The van der Waals surface area contributed by atoms with Gasteiger partial charge in [-0.2, -0.15) is 9.59 Å². The average Bonchev–Trinajstić information content (AvgIpc) is 3.07. The fraction of sp³-hybridized carbons (Fsp3) is 0.556. The van der Waals surface area contributed by atoms with Crippen LogP contribution in [0.25, 0.3) is 0 Å². The first-order valence-corrected chi connectivity index (χ1v) is 8.12. The number of ether oxygens (including phenoxy) is 1. The van der Waals surface area contributed by atoms with Gasteiger partial charge in [0.2, 0.25) is 5.54 Å². The first-order valence-electron chi connectivity index (χ1n) is 8.12. The summed E-state index contributed by atoms with van der Waals surface area (Å²) in [6.07, 6.45) is 2.94. The highest BCUT2D eigenvalue weighted by atomic mass is 16.6. The number of rotatable bonds is 5. The van der Waals surface area contributed by atoms with Crippen LogP contribution in [0.1, 0.15) is 49.7 Å². The number of esters is 1. The Balaban J connectivity index is 0.000000970. The molecule has 1 fully saturated rings. The number of hydrogen-bond acceptors (Lipinski definition) is 6. The molecule has 0 aliphatic heterocycles. The van der Waals surface area contributed by atoms with Crippen LogP contribution in [0, 0.1) is 23.0 Å². The summed E-state index contributed by atoms with van der Waals surface area (Å²) in [6, 6.07) is 7.69. The lowest BCUT2D eigenvalue weighted by molar-refractivity contribution is -0.575. The second-order valence-corrected chi connectivity index (χ2v) is 6.35. The Morgan fingerprint density at radius 1 is 1.24 bits per heavy atom. The number of aryl methyl sites for hydroxylation is 1. The van der Waals surface area contributed by atoms with Gasteiger partial charge < -0.3 is 4.74 Å². The Morgan fingerprint density at radius 2 is 1.72 bits per heavy atom. The summed E-state index contributed by atoms with van der Waals surface area (Å²) in [7, 11) is 1.33. The van der Waals surface area contributed by atoms with Gasteiger partial charge in [-0.25, -0.2) is 0 Å². The molecule has 1 aliphatic rings. The van der Waals surface area contributed by atoms with Crippen molar-refractivity contribution >= 4 is 12.1 Å². The lowest BCUT2D eigenvalue weighted by atomic mass is 9.71. The normalized spacial score (nSPS) is 17.4. The van der Waals surface area contributed by atoms with Gasteiger partial charge in [0, 0.05) is 17.8 Å². The molecule has 7 nitrogen and oxygen atoms in total. The Hall–Kier alpha value is -2.53. The van der Waals surface area contributed by atoms with E-state index in [1.165, 1.54) is 7.11 Å². The quantitative estimate of drug-likeness (QED) is 0.460. The van der Waals surface area contributed by atoms with Crippen LogP contribution in [0.3, 0.4) is 0 Å². The van der Waals surface area contributed by atoms with E-state index in [4.69, 9.17) is 14.3 Å². The van der Waals surface area contributed by atoms with Crippen LogP contribution in [0.5, 0.6) is 0 Å². The maximum Gasteiger partial charge on any atom is 0.373 e. The zero-order valence-corrected chi connectivity index (χ0v) is 14.7. The van der Waals surface area contributed by atoms with E-state index >= 15 is 0 Å². The molecule has 2 rings (SSSR count). The van der Waals surface area contributed by atoms with E-state index in [9.17, 15) is 14.9 Å². The minimum Gasteiger partial charge on any atom is -0.469 e. The van der Waals surface area contributed by atoms with Crippen molar-refractivity contribution in [3.63, 3.8) is 0 Å². The molecule has 7 heteroatoms. The predicted octanol–water partition coefficient (Wildman–Crippen LogP) is 2.89. The van der Waals surface area contributed by atoms with Gasteiger partial charge in [0.05, 0.1) is 18.9 Å². The van der Waals surface area contributed by atoms with Gasteiger partial charge in [0.15, 0.2) is 0 Å². The highest BCUT2D eigenvalue weighted by molar-refractivity contribution is 5.73. The topological polar surface area (TPSA) is 104 Å². The molecule has 0 amide bonds. The molecule has 2 atom stereocenters. The van der Waals surface area contributed by atoms with Crippen LogP contribution in [0.4, 0.5) is 0 Å². The van der Waals surface area contributed by atoms with Crippen LogP contribution in [-0.4, -0.2) is 29.7 Å². The fourth-order valence-electron chi connectivity index (χ4n) is 3.75. The highest BCUT2D eigenvalue weighted by Gasteiger charge is 2.56. The largest absolute Gasteiger partial charge is 0.469 e. The summed E-state index contributed by atoms with van der Waals surface area (Å²) in [5.41, 5.74) is 0.875. The van der Waals surface area contributed by atoms with E-state index in [-0.39, 0.29) is 11.1 Å². The summed E-state index contributed by atoms with van der Waals surface area (Å²) in [5, 5.41) is 11.9. The van der Waals surface area contributed by atoms with Crippen LogP contribution in [-0.2, 0) is 19.1 Å². The van der Waals surface area contributed by atoms with Gasteiger partial charge in [-0.05, 0) is 25.3 Å². The maximum absolute atomic E-state index is 12.1. The fourth-order valence-corrected chi connectivity index (χ4v) is 3.75. The summed E-state index contributed by atoms with van der Waals surface area (Å²) >= 11 is 0. The van der Waals surface area contributed by atoms with Gasteiger partial charge in [-0.15, -0.1) is 0 Å². The number of benzene rings is 1. The van der Waals surface area contributed by atoms with Crippen molar-refractivity contribution in [2.45, 2.75) is 51.0 Å². The Kier molecular flexibility index (Phi) is 7.45. The van der Waals surface area contributed by atoms with E-state index < -0.39 is 23.3 Å². The SMILES string of the molecule is COC(=O)C(C)C(c1ccc(C)cc1)C1([N+](=O)[O-])CCCC1.O=C=O. The molecular weight excluding hydrogens is 326 g/mol. The van der Waals surface area contributed by atoms with Crippen LogP contribution in [0.15, 0.2) is 24.3 Å². The van der Waals surface area contributed by atoms with Gasteiger partial charge in [0.25, 0.3) is 0 Å². The monoisotopic (exact) mass is 349 g/mol. The lowest BCUT2D eigenvalue weighted by Crippen LogP contribution is -2.46. The predicted molar refractivity (Wildman–Crippen MR) is 88.3 cm³/mol. The molecule has 0 aromatic heterocycles. The Morgan fingerprint density at radius 3 is 2.12 bits per heavy atom. The number of hydrogen-bond donors (Lipinski definition) is 0. The third kappa shape index (κ3) is 4.51. The molecule has 2 unspecified atom stereocenters. The molecule has 0 saturated heterocycles. The van der Waals surface area contributed by atoms with Crippen molar-refractivity contribution in [3.05, 3.63) is 45.5 Å².